The number of aliphatic carboxylic acids is 1. The third-order valence-electron chi connectivity index (χ3n) is 2.77. The highest BCUT2D eigenvalue weighted by molar-refractivity contribution is 7.99. The number of carbonyl (C=O) groups is 2. The average Bonchev–Trinajstić information content (AvgIpc) is 3.04. The van der Waals surface area contributed by atoms with E-state index >= 15 is 0 Å². The lowest BCUT2D eigenvalue weighted by Crippen LogP contribution is -2.46. The number of carboxylic acid groups (broad SMARTS) is 1. The predicted octanol–water partition coefficient (Wildman–Crippen LogP) is 1.37. The quantitative estimate of drug-likeness (QED) is 0.878. The summed E-state index contributed by atoms with van der Waals surface area (Å²) in [4.78, 5) is 29.6. The summed E-state index contributed by atoms with van der Waals surface area (Å²) in [6, 6.07) is -1.07. The monoisotopic (exact) mass is 301 g/mol. The Morgan fingerprint density at radius 3 is 3.05 bits per heavy atom. The molecule has 19 heavy (non-hydrogen) atoms. The van der Waals surface area contributed by atoms with E-state index in [0.717, 1.165) is 11.4 Å². The topological polar surface area (TPSA) is 82.5 Å². The van der Waals surface area contributed by atoms with Gasteiger partial charge in [0.25, 0.3) is 0 Å². The fraction of sp³-hybridized carbons (Fsp3) is 0.545. The van der Waals surface area contributed by atoms with Crippen molar-refractivity contribution in [2.45, 2.75) is 25.9 Å². The van der Waals surface area contributed by atoms with Crippen LogP contribution in [0, 0.1) is 0 Å². The van der Waals surface area contributed by atoms with Crippen molar-refractivity contribution in [3.63, 3.8) is 0 Å². The van der Waals surface area contributed by atoms with Crippen molar-refractivity contribution in [2.24, 2.45) is 0 Å². The highest BCUT2D eigenvalue weighted by Gasteiger charge is 2.34. The van der Waals surface area contributed by atoms with E-state index in [9.17, 15) is 9.59 Å². The molecule has 0 aromatic carbocycles. The molecule has 0 bridgehead atoms. The Bertz CT molecular complexity index is 478. The van der Waals surface area contributed by atoms with Crippen molar-refractivity contribution in [2.75, 3.05) is 11.6 Å². The first-order valence-corrected chi connectivity index (χ1v) is 7.87. The van der Waals surface area contributed by atoms with Crippen LogP contribution in [0.3, 0.4) is 0 Å². The van der Waals surface area contributed by atoms with Crippen molar-refractivity contribution in [1.29, 1.82) is 0 Å². The van der Waals surface area contributed by atoms with Gasteiger partial charge in [0.15, 0.2) is 0 Å². The second-order valence-electron chi connectivity index (χ2n) is 4.06. The molecule has 0 aliphatic carbocycles. The fourth-order valence-electron chi connectivity index (χ4n) is 1.69. The number of nitrogens with one attached hydrogen (secondary N) is 1. The van der Waals surface area contributed by atoms with Crippen molar-refractivity contribution >= 4 is 35.1 Å². The first-order valence-electron chi connectivity index (χ1n) is 5.90. The summed E-state index contributed by atoms with van der Waals surface area (Å²) >= 11 is 3.01. The van der Waals surface area contributed by atoms with Crippen molar-refractivity contribution in [1.82, 2.24) is 15.2 Å². The van der Waals surface area contributed by atoms with Crippen molar-refractivity contribution in [3.05, 3.63) is 16.1 Å². The number of carbonyl (C=O) groups excluding carboxylic acids is 1. The lowest BCUT2D eigenvalue weighted by molar-refractivity contribution is -0.140. The van der Waals surface area contributed by atoms with Gasteiger partial charge in [-0.3, -0.25) is 0 Å². The normalized spacial score (nSPS) is 18.6. The number of thiazole rings is 1. The second kappa shape index (κ2) is 6.25. The van der Waals surface area contributed by atoms with Crippen molar-refractivity contribution < 1.29 is 14.7 Å². The van der Waals surface area contributed by atoms with Crippen molar-refractivity contribution in [3.8, 4) is 0 Å². The van der Waals surface area contributed by atoms with E-state index < -0.39 is 12.0 Å². The highest BCUT2D eigenvalue weighted by atomic mass is 32.2. The van der Waals surface area contributed by atoms with Crippen LogP contribution in [-0.2, 0) is 17.8 Å². The molecule has 0 spiro atoms. The molecule has 8 heteroatoms. The maximum absolute atomic E-state index is 11.9. The zero-order valence-electron chi connectivity index (χ0n) is 10.5. The van der Waals surface area contributed by atoms with Gasteiger partial charge in [-0.15, -0.1) is 23.1 Å². The summed E-state index contributed by atoms with van der Waals surface area (Å²) < 4.78 is 0. The molecule has 0 saturated carbocycles. The minimum atomic E-state index is -0.956. The van der Waals surface area contributed by atoms with Gasteiger partial charge in [-0.2, -0.15) is 0 Å². The molecule has 1 saturated heterocycles. The zero-order valence-corrected chi connectivity index (χ0v) is 12.1. The number of aromatic nitrogens is 1. The molecule has 1 aromatic heterocycles. The molecule has 2 rings (SSSR count). The zero-order chi connectivity index (χ0) is 13.8. The van der Waals surface area contributed by atoms with Gasteiger partial charge in [0.1, 0.15) is 11.0 Å². The molecule has 1 unspecified atom stereocenters. The minimum absolute atomic E-state index is 0.342. The number of urea groups is 1. The third-order valence-corrected chi connectivity index (χ3v) is 4.92. The van der Waals surface area contributed by atoms with Crippen LogP contribution < -0.4 is 5.32 Å². The fourth-order valence-corrected chi connectivity index (χ4v) is 3.64. The molecular weight excluding hydrogens is 286 g/mol. The summed E-state index contributed by atoms with van der Waals surface area (Å²) in [5, 5.41) is 12.6. The first-order chi connectivity index (χ1) is 9.11. The molecule has 2 amide bonds. The smallest absolute Gasteiger partial charge is 0.327 e. The van der Waals surface area contributed by atoms with Gasteiger partial charge in [-0.1, -0.05) is 6.92 Å². The lowest BCUT2D eigenvalue weighted by atomic mass is 10.3. The van der Waals surface area contributed by atoms with E-state index in [1.165, 1.54) is 21.5 Å². The van der Waals surface area contributed by atoms with Crippen LogP contribution in [0.1, 0.15) is 16.8 Å². The van der Waals surface area contributed by atoms with Crippen LogP contribution in [0.4, 0.5) is 4.79 Å². The van der Waals surface area contributed by atoms with Gasteiger partial charge in [-0.25, -0.2) is 14.6 Å². The van der Waals surface area contributed by atoms with Gasteiger partial charge < -0.3 is 15.3 Å². The molecule has 2 heterocycles. The van der Waals surface area contributed by atoms with Gasteiger partial charge >= 0.3 is 12.0 Å². The molecule has 1 aliphatic heterocycles. The number of amides is 2. The Hall–Kier alpha value is -1.28. The molecule has 1 aliphatic rings. The Morgan fingerprint density at radius 2 is 2.42 bits per heavy atom. The number of carboxylic acids is 1. The predicted molar refractivity (Wildman–Crippen MR) is 74.3 cm³/mol. The Morgan fingerprint density at radius 1 is 1.63 bits per heavy atom. The maximum Gasteiger partial charge on any atom is 0.327 e. The highest BCUT2D eigenvalue weighted by Crippen LogP contribution is 2.21. The van der Waals surface area contributed by atoms with E-state index in [2.05, 4.69) is 17.2 Å². The van der Waals surface area contributed by atoms with Gasteiger partial charge in [-0.05, 0) is 6.42 Å². The van der Waals surface area contributed by atoms with Gasteiger partial charge in [0.2, 0.25) is 0 Å². The molecule has 0 radical (unpaired) electrons. The molecule has 104 valence electrons. The number of aryl methyl sites for hydroxylation is 1. The summed E-state index contributed by atoms with van der Waals surface area (Å²) in [5.41, 5.74) is 0. The third kappa shape index (κ3) is 3.38. The molecule has 6 nitrogen and oxygen atoms in total. The number of thioether (sulfide) groups is 1. The standard InChI is InChI=1S/C11H15N3O3S2/c1-2-7-3-12-9(19-7)4-13-11(17)14-6-18-5-8(14)10(15)16/h3,8H,2,4-6H2,1H3,(H,13,17)(H,15,16). The lowest BCUT2D eigenvalue weighted by Gasteiger charge is -2.20. The van der Waals surface area contributed by atoms with Crippen LogP contribution in [-0.4, -0.2) is 44.7 Å². The number of nitrogens with zero attached hydrogens (tertiary/aromatic N) is 2. The maximum atomic E-state index is 11.9. The van der Waals surface area contributed by atoms with Crippen LogP contribution in [0.5, 0.6) is 0 Å². The Balaban J connectivity index is 1.88. The number of rotatable bonds is 4. The number of hydrogen-bond acceptors (Lipinski definition) is 5. The summed E-state index contributed by atoms with van der Waals surface area (Å²) in [6.07, 6.45) is 2.73. The second-order valence-corrected chi connectivity index (χ2v) is 6.26. The summed E-state index contributed by atoms with van der Waals surface area (Å²) in [6.45, 7) is 2.39. The molecule has 1 aromatic rings. The van der Waals surface area contributed by atoms with E-state index in [1.807, 2.05) is 0 Å². The largest absolute Gasteiger partial charge is 0.480 e. The van der Waals surface area contributed by atoms with Crippen LogP contribution >= 0.6 is 23.1 Å². The van der Waals surface area contributed by atoms with Crippen LogP contribution in [0.15, 0.2) is 6.20 Å². The minimum Gasteiger partial charge on any atom is -0.480 e. The molecule has 1 atom stereocenters. The molecule has 2 N–H and O–H groups in total. The molecular formula is C11H15N3O3S2. The van der Waals surface area contributed by atoms with Gasteiger partial charge in [0, 0.05) is 16.8 Å². The SMILES string of the molecule is CCc1cnc(CNC(=O)N2CSCC2C(=O)O)s1. The van der Waals surface area contributed by atoms with Gasteiger partial charge in [0.05, 0.1) is 12.4 Å². The van der Waals surface area contributed by atoms with E-state index in [1.54, 1.807) is 17.5 Å². The van der Waals surface area contributed by atoms with E-state index in [4.69, 9.17) is 5.11 Å². The van der Waals surface area contributed by atoms with E-state index in [-0.39, 0.29) is 6.03 Å². The number of hydrogen-bond donors (Lipinski definition) is 2. The Labute approximate surface area is 119 Å². The Kier molecular flexibility index (Phi) is 4.65. The van der Waals surface area contributed by atoms with Crippen LogP contribution in [0.2, 0.25) is 0 Å². The average molecular weight is 301 g/mol. The van der Waals surface area contributed by atoms with Crippen LogP contribution in [0.25, 0.3) is 0 Å². The summed E-state index contributed by atoms with van der Waals surface area (Å²) in [7, 11) is 0. The summed E-state index contributed by atoms with van der Waals surface area (Å²) in [5.74, 6) is -0.0939. The van der Waals surface area contributed by atoms with E-state index in [0.29, 0.717) is 18.2 Å². The first kappa shape index (κ1) is 14.1. The molecule has 1 fully saturated rings.